The SMILES string of the molecule is Cc1cccc(-c2nc3sc4c(c3c(=O)n2CC(=O)N(C)Cc2ccccc2)CCCC4)c1. The van der Waals surface area contributed by atoms with Crippen LogP contribution in [0.5, 0.6) is 0 Å². The summed E-state index contributed by atoms with van der Waals surface area (Å²) >= 11 is 1.64. The fourth-order valence-corrected chi connectivity index (χ4v) is 5.84. The second-order valence-corrected chi connectivity index (χ2v) is 9.91. The first kappa shape index (κ1) is 21.6. The summed E-state index contributed by atoms with van der Waals surface area (Å²) in [6.07, 6.45) is 4.17. The molecule has 0 saturated carbocycles. The molecule has 33 heavy (non-hydrogen) atoms. The number of thiophene rings is 1. The van der Waals surface area contributed by atoms with Gasteiger partial charge in [0.2, 0.25) is 5.91 Å². The lowest BCUT2D eigenvalue weighted by molar-refractivity contribution is -0.131. The highest BCUT2D eigenvalue weighted by molar-refractivity contribution is 7.18. The molecule has 1 aliphatic carbocycles. The van der Waals surface area contributed by atoms with Crippen molar-refractivity contribution in [1.82, 2.24) is 14.5 Å². The summed E-state index contributed by atoms with van der Waals surface area (Å²) in [5.74, 6) is 0.455. The highest BCUT2D eigenvalue weighted by Crippen LogP contribution is 2.35. The molecule has 0 aliphatic heterocycles. The largest absolute Gasteiger partial charge is 0.340 e. The van der Waals surface area contributed by atoms with Crippen LogP contribution in [0.15, 0.2) is 59.4 Å². The first-order valence-electron chi connectivity index (χ1n) is 11.4. The number of fused-ring (bicyclic) bond motifs is 3. The summed E-state index contributed by atoms with van der Waals surface area (Å²) in [7, 11) is 1.78. The minimum Gasteiger partial charge on any atom is -0.340 e. The number of benzene rings is 2. The topological polar surface area (TPSA) is 55.2 Å². The molecule has 168 valence electrons. The molecule has 0 fully saturated rings. The zero-order chi connectivity index (χ0) is 22.9. The number of nitrogens with zero attached hydrogens (tertiary/aromatic N) is 3. The molecular weight excluding hydrogens is 430 g/mol. The van der Waals surface area contributed by atoms with E-state index in [9.17, 15) is 9.59 Å². The number of aryl methyl sites for hydroxylation is 3. The van der Waals surface area contributed by atoms with E-state index < -0.39 is 0 Å². The Labute approximate surface area is 197 Å². The van der Waals surface area contributed by atoms with E-state index in [4.69, 9.17) is 4.98 Å². The quantitative estimate of drug-likeness (QED) is 0.425. The summed E-state index contributed by atoms with van der Waals surface area (Å²) in [6, 6.07) is 17.9. The van der Waals surface area contributed by atoms with Gasteiger partial charge in [-0.1, -0.05) is 54.1 Å². The number of carbonyl (C=O) groups is 1. The van der Waals surface area contributed by atoms with Gasteiger partial charge in [0.1, 0.15) is 17.2 Å². The molecular formula is C27H27N3O2S. The number of hydrogen-bond donors (Lipinski definition) is 0. The number of amides is 1. The second kappa shape index (κ2) is 8.94. The lowest BCUT2D eigenvalue weighted by Crippen LogP contribution is -2.35. The fourth-order valence-electron chi connectivity index (χ4n) is 4.59. The van der Waals surface area contributed by atoms with Crippen LogP contribution in [0, 0.1) is 6.92 Å². The number of carbonyl (C=O) groups excluding carboxylic acids is 1. The first-order valence-corrected chi connectivity index (χ1v) is 12.2. The summed E-state index contributed by atoms with van der Waals surface area (Å²) in [5, 5.41) is 0.713. The maximum absolute atomic E-state index is 13.8. The standard InChI is InChI=1S/C27H27N3O2S/c1-18-9-8-12-20(15-18)25-28-26-24(21-13-6-7-14-22(21)33-26)27(32)30(25)17-23(31)29(2)16-19-10-4-3-5-11-19/h3-5,8-12,15H,6-7,13-14,16-17H2,1-2H3. The van der Waals surface area contributed by atoms with Crippen molar-refractivity contribution in [2.75, 3.05) is 7.05 Å². The molecule has 1 amide bonds. The molecule has 0 spiro atoms. The average Bonchev–Trinajstić information content (AvgIpc) is 3.20. The molecule has 2 heterocycles. The maximum atomic E-state index is 13.8. The molecule has 1 aliphatic rings. The van der Waals surface area contributed by atoms with Gasteiger partial charge in [0.05, 0.1) is 5.39 Å². The van der Waals surface area contributed by atoms with E-state index in [1.807, 2.05) is 61.5 Å². The molecule has 5 nitrogen and oxygen atoms in total. The Kier molecular flexibility index (Phi) is 5.85. The predicted molar refractivity (Wildman–Crippen MR) is 134 cm³/mol. The molecule has 0 atom stereocenters. The maximum Gasteiger partial charge on any atom is 0.263 e. The van der Waals surface area contributed by atoms with Gasteiger partial charge in [-0.05, 0) is 49.8 Å². The van der Waals surface area contributed by atoms with Crippen molar-refractivity contribution in [1.29, 1.82) is 0 Å². The minimum atomic E-state index is -0.111. The van der Waals surface area contributed by atoms with E-state index in [1.54, 1.807) is 27.9 Å². The van der Waals surface area contributed by atoms with Gasteiger partial charge >= 0.3 is 0 Å². The Balaban J connectivity index is 1.59. The van der Waals surface area contributed by atoms with E-state index in [0.29, 0.717) is 17.8 Å². The molecule has 2 aromatic heterocycles. The van der Waals surface area contributed by atoms with Crippen LogP contribution in [0.3, 0.4) is 0 Å². The average molecular weight is 458 g/mol. The van der Waals surface area contributed by atoms with Crippen LogP contribution in [0.1, 0.15) is 34.4 Å². The Bertz CT molecular complexity index is 1390. The third-order valence-electron chi connectivity index (χ3n) is 6.33. The van der Waals surface area contributed by atoms with Gasteiger partial charge in [-0.25, -0.2) is 4.98 Å². The smallest absolute Gasteiger partial charge is 0.263 e. The second-order valence-electron chi connectivity index (χ2n) is 8.82. The van der Waals surface area contributed by atoms with Crippen LogP contribution < -0.4 is 5.56 Å². The van der Waals surface area contributed by atoms with Crippen LogP contribution in [0.2, 0.25) is 0 Å². The van der Waals surface area contributed by atoms with Gasteiger partial charge in [0.25, 0.3) is 5.56 Å². The van der Waals surface area contributed by atoms with Crippen molar-refractivity contribution in [3.05, 3.63) is 86.5 Å². The lowest BCUT2D eigenvalue weighted by atomic mass is 9.97. The Hall–Kier alpha value is -3.25. The van der Waals surface area contributed by atoms with Gasteiger partial charge in [-0.2, -0.15) is 0 Å². The van der Waals surface area contributed by atoms with E-state index in [1.165, 1.54) is 4.88 Å². The van der Waals surface area contributed by atoms with Crippen molar-refractivity contribution in [2.24, 2.45) is 0 Å². The molecule has 4 aromatic rings. The van der Waals surface area contributed by atoms with Gasteiger partial charge in [-0.3, -0.25) is 14.2 Å². The van der Waals surface area contributed by atoms with Gasteiger partial charge in [0, 0.05) is 24.0 Å². The van der Waals surface area contributed by atoms with Crippen LogP contribution in [-0.4, -0.2) is 27.4 Å². The molecule has 0 radical (unpaired) electrons. The summed E-state index contributed by atoms with van der Waals surface area (Å²) < 4.78 is 1.59. The van der Waals surface area contributed by atoms with E-state index >= 15 is 0 Å². The number of aromatic nitrogens is 2. The monoisotopic (exact) mass is 457 g/mol. The Morgan fingerprint density at radius 1 is 1.09 bits per heavy atom. The minimum absolute atomic E-state index is 0.0288. The number of likely N-dealkylation sites (N-methyl/N-ethyl adjacent to an activating group) is 1. The van der Waals surface area contributed by atoms with Gasteiger partial charge in [0.15, 0.2) is 0 Å². The van der Waals surface area contributed by atoms with Crippen molar-refractivity contribution >= 4 is 27.5 Å². The van der Waals surface area contributed by atoms with Crippen molar-refractivity contribution < 1.29 is 4.79 Å². The predicted octanol–water partition coefficient (Wildman–Crippen LogP) is 4.97. The molecule has 6 heteroatoms. The fraction of sp³-hybridized carbons (Fsp3) is 0.296. The lowest BCUT2D eigenvalue weighted by Gasteiger charge is -2.20. The molecule has 0 saturated heterocycles. The van der Waals surface area contributed by atoms with E-state index in [-0.39, 0.29) is 18.0 Å². The van der Waals surface area contributed by atoms with Crippen LogP contribution >= 0.6 is 11.3 Å². The van der Waals surface area contributed by atoms with Crippen molar-refractivity contribution in [3.63, 3.8) is 0 Å². The zero-order valence-corrected chi connectivity index (χ0v) is 19.8. The summed E-state index contributed by atoms with van der Waals surface area (Å²) in [5.41, 5.74) is 4.05. The van der Waals surface area contributed by atoms with Gasteiger partial charge < -0.3 is 4.90 Å². The molecule has 0 unspecified atom stereocenters. The highest BCUT2D eigenvalue weighted by atomic mass is 32.1. The van der Waals surface area contributed by atoms with E-state index in [2.05, 4.69) is 0 Å². The molecule has 0 N–H and O–H groups in total. The normalized spacial score (nSPS) is 13.2. The highest BCUT2D eigenvalue weighted by Gasteiger charge is 2.24. The van der Waals surface area contributed by atoms with Crippen LogP contribution in [0.4, 0.5) is 0 Å². The van der Waals surface area contributed by atoms with E-state index in [0.717, 1.165) is 52.8 Å². The number of rotatable bonds is 5. The molecule has 0 bridgehead atoms. The van der Waals surface area contributed by atoms with Crippen molar-refractivity contribution in [3.8, 4) is 11.4 Å². The summed E-state index contributed by atoms with van der Waals surface area (Å²) in [4.78, 5) is 35.7. The van der Waals surface area contributed by atoms with Crippen LogP contribution in [0.25, 0.3) is 21.6 Å². The summed E-state index contributed by atoms with van der Waals surface area (Å²) in [6.45, 7) is 2.49. The Morgan fingerprint density at radius 3 is 2.67 bits per heavy atom. The van der Waals surface area contributed by atoms with Crippen molar-refractivity contribution in [2.45, 2.75) is 45.7 Å². The molecule has 5 rings (SSSR count). The zero-order valence-electron chi connectivity index (χ0n) is 19.0. The van der Waals surface area contributed by atoms with Crippen LogP contribution in [-0.2, 0) is 30.7 Å². The van der Waals surface area contributed by atoms with Gasteiger partial charge in [-0.15, -0.1) is 11.3 Å². The number of hydrogen-bond acceptors (Lipinski definition) is 4. The third-order valence-corrected chi connectivity index (χ3v) is 7.52. The first-order chi connectivity index (χ1) is 16.0. The Morgan fingerprint density at radius 2 is 1.88 bits per heavy atom. The molecule has 2 aromatic carbocycles. The third kappa shape index (κ3) is 4.23.